The molecule has 0 aliphatic rings. The van der Waals surface area contributed by atoms with Gasteiger partial charge >= 0.3 is 0 Å². The zero-order valence-corrected chi connectivity index (χ0v) is 7.87. The lowest BCUT2D eigenvalue weighted by atomic mass is 10.1. The monoisotopic (exact) mass is 188 g/mol. The maximum atomic E-state index is 10.1. The van der Waals surface area contributed by atoms with Gasteiger partial charge in [0.2, 0.25) is 12.2 Å². The van der Waals surface area contributed by atoms with E-state index in [1.165, 1.54) is 18.2 Å². The van der Waals surface area contributed by atoms with Crippen LogP contribution in [-0.2, 0) is 9.59 Å². The van der Waals surface area contributed by atoms with Gasteiger partial charge in [-0.1, -0.05) is 0 Å². The predicted octanol–water partition coefficient (Wildman–Crippen LogP) is 2.24. The maximum absolute atomic E-state index is 10.1. The van der Waals surface area contributed by atoms with Gasteiger partial charge in [0, 0.05) is 0 Å². The summed E-state index contributed by atoms with van der Waals surface area (Å²) in [5, 5.41) is 0. The number of nitrogens with zero attached hydrogens (tertiary/aromatic N) is 2. The predicted molar refractivity (Wildman–Crippen MR) is 51.5 cm³/mol. The van der Waals surface area contributed by atoms with E-state index in [1.807, 2.05) is 13.8 Å². The van der Waals surface area contributed by atoms with Crippen molar-refractivity contribution in [3.63, 3.8) is 0 Å². The van der Waals surface area contributed by atoms with E-state index in [9.17, 15) is 9.59 Å². The van der Waals surface area contributed by atoms with Crippen LogP contribution in [0.5, 0.6) is 0 Å². The Hall–Kier alpha value is -2.02. The van der Waals surface area contributed by atoms with Gasteiger partial charge < -0.3 is 0 Å². The first-order valence-corrected chi connectivity index (χ1v) is 3.96. The number of hydrogen-bond donors (Lipinski definition) is 0. The van der Waals surface area contributed by atoms with E-state index in [1.54, 1.807) is 6.07 Å². The van der Waals surface area contributed by atoms with Crippen LogP contribution in [0.4, 0.5) is 11.4 Å². The van der Waals surface area contributed by atoms with Gasteiger partial charge in [-0.2, -0.15) is 9.98 Å². The molecule has 0 aromatic heterocycles. The SMILES string of the molecule is Cc1cc(N=C=O)cc(N=C=O)c1C. The van der Waals surface area contributed by atoms with Crippen molar-refractivity contribution in [1.82, 2.24) is 0 Å². The largest absolute Gasteiger partial charge is 0.240 e. The Bertz CT molecular complexity index is 453. The van der Waals surface area contributed by atoms with Crippen LogP contribution >= 0.6 is 0 Å². The molecule has 0 saturated carbocycles. The highest BCUT2D eigenvalue weighted by Crippen LogP contribution is 2.27. The Kier molecular flexibility index (Phi) is 3.08. The molecule has 4 heteroatoms. The summed E-state index contributed by atoms with van der Waals surface area (Å²) in [5.74, 6) is 0. The molecule has 1 rings (SSSR count). The zero-order valence-electron chi connectivity index (χ0n) is 7.87. The quantitative estimate of drug-likeness (QED) is 0.527. The van der Waals surface area contributed by atoms with E-state index in [4.69, 9.17) is 0 Å². The lowest BCUT2D eigenvalue weighted by molar-refractivity contribution is 0.565. The minimum Gasteiger partial charge on any atom is -0.211 e. The molecule has 0 fully saturated rings. The summed E-state index contributed by atoms with van der Waals surface area (Å²) in [5.41, 5.74) is 2.71. The van der Waals surface area contributed by atoms with Gasteiger partial charge in [-0.3, -0.25) is 0 Å². The minimum atomic E-state index is 0.442. The van der Waals surface area contributed by atoms with E-state index in [2.05, 4.69) is 9.98 Å². The standard InChI is InChI=1S/C10H8N2O2/c1-7-3-9(11-5-13)4-10(8(7)2)12-6-14/h3-4H,1-2H3. The van der Waals surface area contributed by atoms with Crippen LogP contribution in [0.3, 0.4) is 0 Å². The Labute approximate surface area is 81.0 Å². The fraction of sp³-hybridized carbons (Fsp3) is 0.200. The molecule has 0 spiro atoms. The summed E-state index contributed by atoms with van der Waals surface area (Å²) in [4.78, 5) is 27.1. The smallest absolute Gasteiger partial charge is 0.211 e. The fourth-order valence-corrected chi connectivity index (χ4v) is 1.10. The van der Waals surface area contributed by atoms with Crippen LogP contribution in [0.25, 0.3) is 0 Å². The molecule has 0 radical (unpaired) electrons. The molecule has 0 heterocycles. The Balaban J connectivity index is 3.41. The molecule has 0 aliphatic carbocycles. The second-order valence-corrected chi connectivity index (χ2v) is 2.81. The molecule has 0 amide bonds. The van der Waals surface area contributed by atoms with E-state index < -0.39 is 0 Å². The second kappa shape index (κ2) is 4.28. The van der Waals surface area contributed by atoms with Crippen molar-refractivity contribution in [2.24, 2.45) is 9.98 Å². The fourth-order valence-electron chi connectivity index (χ4n) is 1.10. The summed E-state index contributed by atoms with van der Waals surface area (Å²) in [6.07, 6.45) is 2.89. The van der Waals surface area contributed by atoms with Gasteiger partial charge in [0.25, 0.3) is 0 Å². The first kappa shape index (κ1) is 10.1. The van der Waals surface area contributed by atoms with Crippen molar-refractivity contribution in [1.29, 1.82) is 0 Å². The van der Waals surface area contributed by atoms with Gasteiger partial charge in [0.15, 0.2) is 0 Å². The molecule has 0 saturated heterocycles. The van der Waals surface area contributed by atoms with Gasteiger partial charge in [-0.15, -0.1) is 0 Å². The van der Waals surface area contributed by atoms with Gasteiger partial charge in [-0.25, -0.2) is 9.59 Å². The maximum Gasteiger partial charge on any atom is 0.240 e. The first-order valence-electron chi connectivity index (χ1n) is 3.96. The normalized spacial score (nSPS) is 8.71. The molecule has 14 heavy (non-hydrogen) atoms. The van der Waals surface area contributed by atoms with Crippen molar-refractivity contribution < 1.29 is 9.59 Å². The van der Waals surface area contributed by atoms with Crippen molar-refractivity contribution >= 4 is 23.5 Å². The van der Waals surface area contributed by atoms with Gasteiger partial charge in [0.1, 0.15) is 0 Å². The Morgan fingerprint density at radius 1 is 1.07 bits per heavy atom. The summed E-state index contributed by atoms with van der Waals surface area (Å²) >= 11 is 0. The average molecular weight is 188 g/mol. The topological polar surface area (TPSA) is 58.9 Å². The molecular formula is C10H8N2O2. The zero-order chi connectivity index (χ0) is 10.6. The molecule has 4 nitrogen and oxygen atoms in total. The molecule has 70 valence electrons. The Morgan fingerprint density at radius 2 is 1.71 bits per heavy atom. The Morgan fingerprint density at radius 3 is 2.29 bits per heavy atom. The number of carbonyl (C=O) groups excluding carboxylic acids is 2. The number of isocyanates is 2. The summed E-state index contributed by atoms with van der Waals surface area (Å²) in [6.45, 7) is 3.68. The highest BCUT2D eigenvalue weighted by molar-refractivity contribution is 5.64. The molecule has 1 aromatic carbocycles. The third-order valence-electron chi connectivity index (χ3n) is 1.97. The van der Waals surface area contributed by atoms with E-state index in [0.717, 1.165) is 11.1 Å². The van der Waals surface area contributed by atoms with Crippen LogP contribution in [0.15, 0.2) is 22.1 Å². The van der Waals surface area contributed by atoms with Gasteiger partial charge in [0.05, 0.1) is 11.4 Å². The number of benzene rings is 1. The van der Waals surface area contributed by atoms with Crippen LogP contribution in [0.2, 0.25) is 0 Å². The van der Waals surface area contributed by atoms with Crippen molar-refractivity contribution in [3.05, 3.63) is 23.3 Å². The number of aliphatic imine (C=N–C) groups is 2. The highest BCUT2D eigenvalue weighted by atomic mass is 16.1. The average Bonchev–Trinajstić information content (AvgIpc) is 2.14. The summed E-state index contributed by atoms with van der Waals surface area (Å²) < 4.78 is 0. The lowest BCUT2D eigenvalue weighted by Gasteiger charge is -2.03. The molecule has 0 bridgehead atoms. The van der Waals surface area contributed by atoms with Crippen molar-refractivity contribution in [3.8, 4) is 0 Å². The van der Waals surface area contributed by atoms with Crippen LogP contribution < -0.4 is 0 Å². The third kappa shape index (κ3) is 2.02. The summed E-state index contributed by atoms with van der Waals surface area (Å²) in [6, 6.07) is 3.27. The molecule has 0 N–H and O–H groups in total. The van der Waals surface area contributed by atoms with Crippen LogP contribution in [0, 0.1) is 13.8 Å². The highest BCUT2D eigenvalue weighted by Gasteiger charge is 2.02. The first-order chi connectivity index (χ1) is 6.69. The van der Waals surface area contributed by atoms with E-state index >= 15 is 0 Å². The summed E-state index contributed by atoms with van der Waals surface area (Å²) in [7, 11) is 0. The molecule has 1 aromatic rings. The molecule has 0 atom stereocenters. The number of hydrogen-bond acceptors (Lipinski definition) is 4. The number of aryl methyl sites for hydroxylation is 1. The van der Waals surface area contributed by atoms with Crippen LogP contribution in [-0.4, -0.2) is 12.2 Å². The molecular weight excluding hydrogens is 180 g/mol. The molecule has 0 unspecified atom stereocenters. The molecule has 0 aliphatic heterocycles. The van der Waals surface area contributed by atoms with Crippen molar-refractivity contribution in [2.75, 3.05) is 0 Å². The lowest BCUT2D eigenvalue weighted by Crippen LogP contribution is -1.81. The minimum absolute atomic E-state index is 0.442. The van der Waals surface area contributed by atoms with Gasteiger partial charge in [-0.05, 0) is 37.1 Å². The van der Waals surface area contributed by atoms with Crippen LogP contribution in [0.1, 0.15) is 11.1 Å². The van der Waals surface area contributed by atoms with E-state index in [0.29, 0.717) is 11.4 Å². The van der Waals surface area contributed by atoms with Crippen molar-refractivity contribution in [2.45, 2.75) is 13.8 Å². The number of rotatable bonds is 2. The second-order valence-electron chi connectivity index (χ2n) is 2.81. The van der Waals surface area contributed by atoms with E-state index in [-0.39, 0.29) is 0 Å². The third-order valence-corrected chi connectivity index (χ3v) is 1.97.